The van der Waals surface area contributed by atoms with Crippen LogP contribution in [0.3, 0.4) is 0 Å². The first-order valence-corrected chi connectivity index (χ1v) is 8.74. The monoisotopic (exact) mass is 289 g/mol. The fourth-order valence-corrected chi connectivity index (χ4v) is 4.36. The first-order chi connectivity index (χ1) is 8.94. The second-order valence-corrected chi connectivity index (χ2v) is 7.86. The van der Waals surface area contributed by atoms with Gasteiger partial charge in [-0.3, -0.25) is 9.69 Å². The molecule has 19 heavy (non-hydrogen) atoms. The van der Waals surface area contributed by atoms with Crippen LogP contribution in [0.4, 0.5) is 0 Å². The Labute approximate surface area is 114 Å². The minimum absolute atomic E-state index is 0.0717. The number of carbonyl (C=O) groups excluding carboxylic acids is 1. The van der Waals surface area contributed by atoms with Crippen molar-refractivity contribution in [2.45, 2.75) is 37.8 Å². The molecule has 0 aromatic carbocycles. The van der Waals surface area contributed by atoms with E-state index in [-0.39, 0.29) is 29.5 Å². The number of likely N-dealkylation sites (tertiary alicyclic amines) is 1. The van der Waals surface area contributed by atoms with E-state index in [1.165, 1.54) is 0 Å². The van der Waals surface area contributed by atoms with Crippen molar-refractivity contribution < 1.29 is 13.2 Å². The average molecular weight is 289 g/mol. The van der Waals surface area contributed by atoms with Gasteiger partial charge in [-0.15, -0.1) is 0 Å². The fourth-order valence-electron chi connectivity index (χ4n) is 2.72. The largest absolute Gasteiger partial charge is 0.351 e. The maximum absolute atomic E-state index is 11.9. The zero-order valence-electron chi connectivity index (χ0n) is 11.2. The molecule has 2 aliphatic heterocycles. The van der Waals surface area contributed by atoms with Gasteiger partial charge in [0.25, 0.3) is 0 Å². The molecule has 0 saturated carbocycles. The summed E-state index contributed by atoms with van der Waals surface area (Å²) < 4.78 is 23.0. The zero-order valence-corrected chi connectivity index (χ0v) is 12.0. The van der Waals surface area contributed by atoms with Crippen LogP contribution in [0.5, 0.6) is 0 Å². The summed E-state index contributed by atoms with van der Waals surface area (Å²) in [6, 6.07) is 0.0427. The minimum Gasteiger partial charge on any atom is -0.351 e. The van der Waals surface area contributed by atoms with Crippen LogP contribution < -0.4 is 11.1 Å². The Morgan fingerprint density at radius 2 is 1.95 bits per heavy atom. The number of nitrogens with zero attached hydrogens (tertiary/aromatic N) is 1. The van der Waals surface area contributed by atoms with E-state index in [1.807, 2.05) is 0 Å². The van der Waals surface area contributed by atoms with Gasteiger partial charge in [-0.25, -0.2) is 8.42 Å². The van der Waals surface area contributed by atoms with Crippen molar-refractivity contribution in [2.24, 2.45) is 5.73 Å². The number of hydrogen-bond acceptors (Lipinski definition) is 5. The molecule has 2 fully saturated rings. The standard InChI is InChI=1S/C12H23N3O3S/c13-10-3-5-15(6-4-10)8-12(16)14-11-2-1-7-19(17,18)9-11/h10-11H,1-9,13H2,(H,14,16). The van der Waals surface area contributed by atoms with Gasteiger partial charge in [0.15, 0.2) is 9.84 Å². The normalized spacial score (nSPS) is 29.0. The van der Waals surface area contributed by atoms with Gasteiger partial charge in [0, 0.05) is 25.2 Å². The van der Waals surface area contributed by atoms with E-state index in [4.69, 9.17) is 5.73 Å². The molecule has 2 saturated heterocycles. The van der Waals surface area contributed by atoms with Crippen LogP contribution in [-0.4, -0.2) is 62.4 Å². The summed E-state index contributed by atoms with van der Waals surface area (Å²) in [4.78, 5) is 14.0. The van der Waals surface area contributed by atoms with Crippen LogP contribution in [0.2, 0.25) is 0 Å². The molecule has 2 heterocycles. The maximum Gasteiger partial charge on any atom is 0.234 e. The van der Waals surface area contributed by atoms with E-state index in [0.29, 0.717) is 13.0 Å². The Morgan fingerprint density at radius 1 is 1.26 bits per heavy atom. The van der Waals surface area contributed by atoms with Gasteiger partial charge in [0.2, 0.25) is 5.91 Å². The molecule has 0 spiro atoms. The van der Waals surface area contributed by atoms with E-state index in [1.54, 1.807) is 0 Å². The molecule has 0 radical (unpaired) electrons. The Bertz CT molecular complexity index is 416. The zero-order chi connectivity index (χ0) is 13.9. The van der Waals surface area contributed by atoms with Gasteiger partial charge in [0.1, 0.15) is 0 Å². The number of amides is 1. The molecule has 1 atom stereocenters. The second kappa shape index (κ2) is 6.19. The lowest BCUT2D eigenvalue weighted by molar-refractivity contribution is -0.123. The highest BCUT2D eigenvalue weighted by Crippen LogP contribution is 2.12. The summed E-state index contributed by atoms with van der Waals surface area (Å²) in [6.45, 7) is 2.04. The third kappa shape index (κ3) is 4.74. The predicted octanol–water partition coefficient (Wildman–Crippen LogP) is -0.897. The highest BCUT2D eigenvalue weighted by atomic mass is 32.2. The van der Waals surface area contributed by atoms with Gasteiger partial charge < -0.3 is 11.1 Å². The summed E-state index contributed by atoms with van der Waals surface area (Å²) >= 11 is 0. The lowest BCUT2D eigenvalue weighted by Gasteiger charge is -2.30. The molecule has 3 N–H and O–H groups in total. The molecule has 6 nitrogen and oxygen atoms in total. The number of piperidine rings is 1. The van der Waals surface area contributed by atoms with Crippen molar-refractivity contribution in [3.63, 3.8) is 0 Å². The van der Waals surface area contributed by atoms with E-state index in [9.17, 15) is 13.2 Å². The second-order valence-electron chi connectivity index (χ2n) is 5.63. The van der Waals surface area contributed by atoms with Crippen molar-refractivity contribution in [3.05, 3.63) is 0 Å². The summed E-state index contributed by atoms with van der Waals surface area (Å²) in [5.41, 5.74) is 5.81. The van der Waals surface area contributed by atoms with Gasteiger partial charge in [-0.1, -0.05) is 0 Å². The smallest absolute Gasteiger partial charge is 0.234 e. The number of nitrogens with one attached hydrogen (secondary N) is 1. The van der Waals surface area contributed by atoms with Crippen molar-refractivity contribution in [2.75, 3.05) is 31.1 Å². The molecule has 0 bridgehead atoms. The molecule has 0 aromatic heterocycles. The fraction of sp³-hybridized carbons (Fsp3) is 0.917. The summed E-state index contributed by atoms with van der Waals surface area (Å²) in [7, 11) is -2.96. The Hall–Kier alpha value is -0.660. The molecule has 1 unspecified atom stereocenters. The Kier molecular flexibility index (Phi) is 4.81. The molecular formula is C12H23N3O3S. The first kappa shape index (κ1) is 14.7. The van der Waals surface area contributed by atoms with Crippen LogP contribution >= 0.6 is 0 Å². The van der Waals surface area contributed by atoms with Crippen LogP contribution in [-0.2, 0) is 14.6 Å². The van der Waals surface area contributed by atoms with Crippen LogP contribution in [0.1, 0.15) is 25.7 Å². The van der Waals surface area contributed by atoms with E-state index in [2.05, 4.69) is 10.2 Å². The highest BCUT2D eigenvalue weighted by Gasteiger charge is 2.26. The molecule has 2 rings (SSSR count). The van der Waals surface area contributed by atoms with Crippen molar-refractivity contribution >= 4 is 15.7 Å². The quantitative estimate of drug-likeness (QED) is 0.702. The Morgan fingerprint density at radius 3 is 2.58 bits per heavy atom. The molecule has 2 aliphatic rings. The number of rotatable bonds is 3. The van der Waals surface area contributed by atoms with Crippen LogP contribution in [0, 0.1) is 0 Å². The lowest BCUT2D eigenvalue weighted by atomic mass is 10.1. The minimum atomic E-state index is -2.96. The average Bonchev–Trinajstić information content (AvgIpc) is 2.30. The third-order valence-electron chi connectivity index (χ3n) is 3.83. The van der Waals surface area contributed by atoms with E-state index < -0.39 is 9.84 Å². The predicted molar refractivity (Wildman–Crippen MR) is 73.5 cm³/mol. The van der Waals surface area contributed by atoms with Gasteiger partial charge in [-0.2, -0.15) is 0 Å². The van der Waals surface area contributed by atoms with Crippen molar-refractivity contribution in [1.29, 1.82) is 0 Å². The van der Waals surface area contributed by atoms with E-state index >= 15 is 0 Å². The SMILES string of the molecule is NC1CCN(CC(=O)NC2CCCS(=O)(=O)C2)CC1. The molecule has 7 heteroatoms. The van der Waals surface area contributed by atoms with E-state index in [0.717, 1.165) is 32.4 Å². The molecule has 0 aromatic rings. The van der Waals surface area contributed by atoms with Gasteiger partial charge >= 0.3 is 0 Å². The number of nitrogens with two attached hydrogens (primary N) is 1. The van der Waals surface area contributed by atoms with Crippen LogP contribution in [0.15, 0.2) is 0 Å². The highest BCUT2D eigenvalue weighted by molar-refractivity contribution is 7.91. The maximum atomic E-state index is 11.9. The summed E-state index contributed by atoms with van der Waals surface area (Å²) in [5, 5.41) is 2.84. The molecule has 1 amide bonds. The van der Waals surface area contributed by atoms with Crippen molar-refractivity contribution in [1.82, 2.24) is 10.2 Å². The van der Waals surface area contributed by atoms with Crippen molar-refractivity contribution in [3.8, 4) is 0 Å². The molecular weight excluding hydrogens is 266 g/mol. The van der Waals surface area contributed by atoms with Gasteiger partial charge in [-0.05, 0) is 25.7 Å². The number of hydrogen-bond donors (Lipinski definition) is 2. The first-order valence-electron chi connectivity index (χ1n) is 6.92. The van der Waals surface area contributed by atoms with Gasteiger partial charge in [0.05, 0.1) is 18.1 Å². The molecule has 110 valence electrons. The lowest BCUT2D eigenvalue weighted by Crippen LogP contribution is -2.49. The summed E-state index contributed by atoms with van der Waals surface area (Å²) in [5.74, 6) is 0.269. The summed E-state index contributed by atoms with van der Waals surface area (Å²) in [6.07, 6.45) is 3.25. The number of carbonyl (C=O) groups is 1. The molecule has 0 aliphatic carbocycles. The number of sulfone groups is 1. The Balaban J connectivity index is 1.75. The van der Waals surface area contributed by atoms with Crippen LogP contribution in [0.25, 0.3) is 0 Å². The third-order valence-corrected chi connectivity index (χ3v) is 5.65. The topological polar surface area (TPSA) is 92.5 Å².